The summed E-state index contributed by atoms with van der Waals surface area (Å²) in [6, 6.07) is 19.3. The molecule has 5 nitrogen and oxygen atoms in total. The predicted octanol–water partition coefficient (Wildman–Crippen LogP) is 3.87. The minimum absolute atomic E-state index is 0.137. The summed E-state index contributed by atoms with van der Waals surface area (Å²) in [6.07, 6.45) is 9.09. The number of hydrogen-bond donors (Lipinski definition) is 0. The topological polar surface area (TPSA) is 58.5 Å². The number of nitrogens with zero attached hydrogens (tertiary/aromatic N) is 4. The molecule has 3 heterocycles. The van der Waals surface area contributed by atoms with Gasteiger partial charge in [0, 0.05) is 36.7 Å². The van der Waals surface area contributed by atoms with Crippen LogP contribution < -0.4 is 0 Å². The Morgan fingerprint density at radius 1 is 1.00 bits per heavy atom. The SMILES string of the molecule is O=C(C=Cc1ccccn1)N1N=C(c2cccnc2)CC1c1ccccc1. The van der Waals surface area contributed by atoms with Crippen LogP contribution in [0.2, 0.25) is 0 Å². The van der Waals surface area contributed by atoms with Crippen LogP contribution in [0.1, 0.15) is 29.3 Å². The van der Waals surface area contributed by atoms with Gasteiger partial charge in [-0.15, -0.1) is 0 Å². The van der Waals surface area contributed by atoms with Gasteiger partial charge in [0.05, 0.1) is 17.4 Å². The second kappa shape index (κ2) is 7.74. The molecule has 1 unspecified atom stereocenters. The molecule has 132 valence electrons. The molecule has 1 aliphatic rings. The molecular weight excluding hydrogens is 336 g/mol. The van der Waals surface area contributed by atoms with Crippen molar-refractivity contribution >= 4 is 17.7 Å². The highest BCUT2D eigenvalue weighted by Gasteiger charge is 2.32. The molecular formula is C22H18N4O. The van der Waals surface area contributed by atoms with Gasteiger partial charge in [-0.3, -0.25) is 14.8 Å². The first-order valence-corrected chi connectivity index (χ1v) is 8.76. The Labute approximate surface area is 157 Å². The summed E-state index contributed by atoms with van der Waals surface area (Å²) in [7, 11) is 0. The normalized spacial score (nSPS) is 16.5. The van der Waals surface area contributed by atoms with Gasteiger partial charge in [-0.05, 0) is 29.8 Å². The van der Waals surface area contributed by atoms with Crippen molar-refractivity contribution in [1.82, 2.24) is 15.0 Å². The van der Waals surface area contributed by atoms with E-state index in [2.05, 4.69) is 15.1 Å². The Bertz CT molecular complexity index is 969. The smallest absolute Gasteiger partial charge is 0.267 e. The van der Waals surface area contributed by atoms with E-state index in [1.807, 2.05) is 60.7 Å². The molecule has 0 spiro atoms. The van der Waals surface area contributed by atoms with Crippen molar-refractivity contribution in [3.63, 3.8) is 0 Å². The van der Waals surface area contributed by atoms with Crippen molar-refractivity contribution in [1.29, 1.82) is 0 Å². The third kappa shape index (κ3) is 3.82. The van der Waals surface area contributed by atoms with Crippen molar-refractivity contribution in [3.8, 4) is 0 Å². The number of amides is 1. The number of carbonyl (C=O) groups excluding carboxylic acids is 1. The third-order valence-corrected chi connectivity index (χ3v) is 4.40. The molecule has 0 bridgehead atoms. The lowest BCUT2D eigenvalue weighted by atomic mass is 9.99. The van der Waals surface area contributed by atoms with E-state index in [0.29, 0.717) is 6.42 Å². The largest absolute Gasteiger partial charge is 0.268 e. The van der Waals surface area contributed by atoms with E-state index in [0.717, 1.165) is 22.5 Å². The lowest BCUT2D eigenvalue weighted by Crippen LogP contribution is -2.25. The minimum atomic E-state index is -0.173. The van der Waals surface area contributed by atoms with Crippen LogP contribution in [0.15, 0.2) is 90.4 Å². The van der Waals surface area contributed by atoms with Crippen molar-refractivity contribution in [2.24, 2.45) is 5.10 Å². The fourth-order valence-electron chi connectivity index (χ4n) is 3.06. The molecule has 0 saturated heterocycles. The summed E-state index contributed by atoms with van der Waals surface area (Å²) in [6.45, 7) is 0. The Morgan fingerprint density at radius 3 is 2.59 bits per heavy atom. The molecule has 0 aliphatic carbocycles. The van der Waals surface area contributed by atoms with Crippen LogP contribution in [0.3, 0.4) is 0 Å². The van der Waals surface area contributed by atoms with Crippen LogP contribution in [0.5, 0.6) is 0 Å². The summed E-state index contributed by atoms with van der Waals surface area (Å²) >= 11 is 0. The van der Waals surface area contributed by atoms with Gasteiger partial charge >= 0.3 is 0 Å². The van der Waals surface area contributed by atoms with Crippen LogP contribution in [-0.2, 0) is 4.79 Å². The molecule has 1 amide bonds. The van der Waals surface area contributed by atoms with Crippen LogP contribution >= 0.6 is 0 Å². The molecule has 1 atom stereocenters. The standard InChI is InChI=1S/C22H18N4O/c27-22(12-11-19-10-4-5-14-24-19)26-21(17-7-2-1-3-8-17)15-20(25-26)18-9-6-13-23-16-18/h1-14,16,21H,15H2. The first-order chi connectivity index (χ1) is 13.3. The van der Waals surface area contributed by atoms with E-state index in [4.69, 9.17) is 0 Å². The maximum atomic E-state index is 12.9. The number of pyridine rings is 2. The van der Waals surface area contributed by atoms with Gasteiger partial charge in [0.15, 0.2) is 0 Å². The highest BCUT2D eigenvalue weighted by atomic mass is 16.2. The molecule has 1 aliphatic heterocycles. The Hall–Kier alpha value is -3.60. The number of rotatable bonds is 4. The zero-order chi connectivity index (χ0) is 18.5. The molecule has 0 radical (unpaired) electrons. The van der Waals surface area contributed by atoms with E-state index < -0.39 is 0 Å². The number of hydrogen-bond acceptors (Lipinski definition) is 4. The van der Waals surface area contributed by atoms with Gasteiger partial charge in [-0.25, -0.2) is 5.01 Å². The lowest BCUT2D eigenvalue weighted by molar-refractivity contribution is -0.127. The Kier molecular flexibility index (Phi) is 4.83. The third-order valence-electron chi connectivity index (χ3n) is 4.40. The quantitative estimate of drug-likeness (QED) is 0.668. The van der Waals surface area contributed by atoms with E-state index in [1.54, 1.807) is 29.7 Å². The molecule has 2 aromatic heterocycles. The zero-order valence-corrected chi connectivity index (χ0v) is 14.6. The number of aromatic nitrogens is 2. The molecule has 4 rings (SSSR count). The monoisotopic (exact) mass is 354 g/mol. The van der Waals surface area contributed by atoms with Gasteiger partial charge in [0.1, 0.15) is 0 Å². The molecule has 0 fully saturated rings. The molecule has 1 aromatic carbocycles. The second-order valence-electron chi connectivity index (χ2n) is 6.19. The van der Waals surface area contributed by atoms with Crippen LogP contribution in [0.4, 0.5) is 0 Å². The maximum Gasteiger partial charge on any atom is 0.267 e. The van der Waals surface area contributed by atoms with Gasteiger partial charge < -0.3 is 0 Å². The van der Waals surface area contributed by atoms with E-state index in [1.165, 1.54) is 6.08 Å². The number of benzene rings is 1. The van der Waals surface area contributed by atoms with Gasteiger partial charge in [0.25, 0.3) is 5.91 Å². The first-order valence-electron chi connectivity index (χ1n) is 8.76. The van der Waals surface area contributed by atoms with Crippen molar-refractivity contribution in [2.75, 3.05) is 0 Å². The van der Waals surface area contributed by atoms with Gasteiger partial charge in [-0.2, -0.15) is 5.10 Å². The summed E-state index contributed by atoms with van der Waals surface area (Å²) in [4.78, 5) is 21.2. The second-order valence-corrected chi connectivity index (χ2v) is 6.19. The van der Waals surface area contributed by atoms with E-state index in [9.17, 15) is 4.79 Å². The molecule has 0 saturated carbocycles. The van der Waals surface area contributed by atoms with Crippen LogP contribution in [0, 0.1) is 0 Å². The predicted molar refractivity (Wildman–Crippen MR) is 105 cm³/mol. The Balaban J connectivity index is 1.64. The molecule has 5 heteroatoms. The summed E-state index contributed by atoms with van der Waals surface area (Å²) in [5.41, 5.74) is 3.58. The van der Waals surface area contributed by atoms with Crippen molar-refractivity contribution < 1.29 is 4.79 Å². The minimum Gasteiger partial charge on any atom is -0.268 e. The number of carbonyl (C=O) groups is 1. The maximum absolute atomic E-state index is 12.9. The zero-order valence-electron chi connectivity index (χ0n) is 14.6. The Morgan fingerprint density at radius 2 is 1.85 bits per heavy atom. The average Bonchev–Trinajstić information content (AvgIpc) is 3.20. The van der Waals surface area contributed by atoms with E-state index >= 15 is 0 Å². The highest BCUT2D eigenvalue weighted by molar-refractivity contribution is 6.04. The van der Waals surface area contributed by atoms with E-state index in [-0.39, 0.29) is 11.9 Å². The van der Waals surface area contributed by atoms with Gasteiger partial charge in [-0.1, -0.05) is 42.5 Å². The fourth-order valence-corrected chi connectivity index (χ4v) is 3.06. The molecule has 3 aromatic rings. The van der Waals surface area contributed by atoms with Crippen LogP contribution in [0.25, 0.3) is 6.08 Å². The van der Waals surface area contributed by atoms with Gasteiger partial charge in [0.2, 0.25) is 0 Å². The highest BCUT2D eigenvalue weighted by Crippen LogP contribution is 2.32. The summed E-state index contributed by atoms with van der Waals surface area (Å²) in [5, 5.41) is 6.17. The van der Waals surface area contributed by atoms with Crippen LogP contribution in [-0.4, -0.2) is 26.6 Å². The molecule has 27 heavy (non-hydrogen) atoms. The molecule has 0 N–H and O–H groups in total. The number of hydrazone groups is 1. The fraction of sp³-hybridized carbons (Fsp3) is 0.0909. The summed E-state index contributed by atoms with van der Waals surface area (Å²) < 4.78 is 0. The lowest BCUT2D eigenvalue weighted by Gasteiger charge is -2.20. The summed E-state index contributed by atoms with van der Waals surface area (Å²) in [5.74, 6) is -0.173. The van der Waals surface area contributed by atoms with Crippen molar-refractivity contribution in [2.45, 2.75) is 12.5 Å². The first kappa shape index (κ1) is 16.8. The van der Waals surface area contributed by atoms with Crippen molar-refractivity contribution in [3.05, 3.63) is 102 Å². The average molecular weight is 354 g/mol.